The zero-order valence-electron chi connectivity index (χ0n) is 10.7. The van der Waals surface area contributed by atoms with E-state index in [1.807, 2.05) is 0 Å². The van der Waals surface area contributed by atoms with Crippen LogP contribution < -0.4 is 0 Å². The minimum atomic E-state index is -1.07. The molecule has 4 unspecified atom stereocenters. The van der Waals surface area contributed by atoms with Crippen LogP contribution in [-0.4, -0.2) is 33.1 Å². The molecule has 2 heterocycles. The molecule has 2 aromatic rings. The highest BCUT2D eigenvalue weighted by Gasteiger charge is 2.41. The van der Waals surface area contributed by atoms with Gasteiger partial charge in [-0.25, -0.2) is 4.39 Å². The van der Waals surface area contributed by atoms with E-state index < -0.39 is 24.5 Å². The predicted octanol–water partition coefficient (Wildman–Crippen LogP) is 2.15. The lowest BCUT2D eigenvalue weighted by Gasteiger charge is -2.19. The van der Waals surface area contributed by atoms with E-state index in [4.69, 9.17) is 17.0 Å². The maximum absolute atomic E-state index is 13.4. The Balaban J connectivity index is 2.14. The van der Waals surface area contributed by atoms with Gasteiger partial charge in [-0.05, 0) is 30.5 Å². The van der Waals surface area contributed by atoms with Gasteiger partial charge >= 0.3 is 0 Å². The van der Waals surface area contributed by atoms with Crippen molar-refractivity contribution in [1.82, 2.24) is 4.57 Å². The van der Waals surface area contributed by atoms with Crippen molar-refractivity contribution in [3.8, 4) is 0 Å². The number of fused-ring (bicyclic) bond motifs is 1. The highest BCUT2D eigenvalue weighted by Crippen LogP contribution is 2.30. The van der Waals surface area contributed by atoms with Gasteiger partial charge in [0.25, 0.3) is 0 Å². The summed E-state index contributed by atoms with van der Waals surface area (Å²) in [6.45, 7) is 1.68. The molecule has 1 aliphatic rings. The lowest BCUT2D eigenvalue weighted by molar-refractivity contribution is -0.0329. The van der Waals surface area contributed by atoms with Gasteiger partial charge in [0, 0.05) is 11.6 Å². The van der Waals surface area contributed by atoms with Gasteiger partial charge in [-0.3, -0.25) is 0 Å². The van der Waals surface area contributed by atoms with Crippen molar-refractivity contribution < 1.29 is 19.3 Å². The number of rotatable bonds is 1. The van der Waals surface area contributed by atoms with Crippen molar-refractivity contribution in [2.75, 3.05) is 0 Å². The number of pyridine rings is 1. The normalized spacial score (nSPS) is 30.0. The first kappa shape index (κ1) is 13.6. The summed E-state index contributed by atoms with van der Waals surface area (Å²) >= 11 is 5.34. The standard InChI is InChI=1S/C14H14FNO3S/c1-7-11(17)12(18)13(19-7)16-5-4-8-2-3-9(15)6-10(8)14(16)20/h2-7,11-13,17-18H,1H3. The minimum Gasteiger partial charge on any atom is -0.388 e. The Bertz CT molecular complexity index is 717. The van der Waals surface area contributed by atoms with Crippen LogP contribution in [0.25, 0.3) is 10.8 Å². The summed E-state index contributed by atoms with van der Waals surface area (Å²) < 4.78 is 20.8. The Morgan fingerprint density at radius 3 is 2.65 bits per heavy atom. The molecule has 1 aromatic carbocycles. The summed E-state index contributed by atoms with van der Waals surface area (Å²) in [7, 11) is 0. The van der Waals surface area contributed by atoms with Crippen molar-refractivity contribution in [3.05, 3.63) is 40.9 Å². The average molecular weight is 295 g/mol. The third-order valence-electron chi connectivity index (χ3n) is 3.65. The molecule has 0 aliphatic carbocycles. The van der Waals surface area contributed by atoms with E-state index in [0.29, 0.717) is 10.0 Å². The molecule has 20 heavy (non-hydrogen) atoms. The number of hydrogen-bond acceptors (Lipinski definition) is 4. The van der Waals surface area contributed by atoms with Crippen molar-refractivity contribution in [1.29, 1.82) is 0 Å². The Morgan fingerprint density at radius 1 is 1.25 bits per heavy atom. The lowest BCUT2D eigenvalue weighted by atomic mass is 10.1. The zero-order chi connectivity index (χ0) is 14.4. The first-order valence-electron chi connectivity index (χ1n) is 6.31. The molecule has 0 bridgehead atoms. The average Bonchev–Trinajstić information content (AvgIpc) is 2.68. The fourth-order valence-corrected chi connectivity index (χ4v) is 2.83. The number of aliphatic hydroxyl groups excluding tert-OH is 2. The maximum atomic E-state index is 13.4. The van der Waals surface area contributed by atoms with Gasteiger partial charge in [0.15, 0.2) is 6.23 Å². The van der Waals surface area contributed by atoms with Crippen molar-refractivity contribution >= 4 is 23.0 Å². The van der Waals surface area contributed by atoms with Crippen LogP contribution in [0.1, 0.15) is 13.2 Å². The summed E-state index contributed by atoms with van der Waals surface area (Å²) in [6, 6.07) is 6.15. The third-order valence-corrected chi connectivity index (χ3v) is 4.08. The molecule has 106 valence electrons. The summed E-state index contributed by atoms with van der Waals surface area (Å²) in [5.41, 5.74) is 0. The highest BCUT2D eigenvalue weighted by atomic mass is 32.1. The van der Waals surface area contributed by atoms with E-state index in [2.05, 4.69) is 0 Å². The van der Waals surface area contributed by atoms with Gasteiger partial charge in [-0.2, -0.15) is 0 Å². The largest absolute Gasteiger partial charge is 0.388 e. The molecule has 2 N–H and O–H groups in total. The fourth-order valence-electron chi connectivity index (χ4n) is 2.48. The maximum Gasteiger partial charge on any atom is 0.163 e. The van der Waals surface area contributed by atoms with Crippen LogP contribution in [0.15, 0.2) is 30.5 Å². The number of hydrogen-bond donors (Lipinski definition) is 2. The van der Waals surface area contributed by atoms with E-state index >= 15 is 0 Å². The molecule has 0 amide bonds. The van der Waals surface area contributed by atoms with Gasteiger partial charge in [0.1, 0.15) is 22.7 Å². The van der Waals surface area contributed by atoms with Crippen LogP contribution in [0.3, 0.4) is 0 Å². The summed E-state index contributed by atoms with van der Waals surface area (Å²) in [5.74, 6) is -0.373. The molecule has 0 spiro atoms. The molecular weight excluding hydrogens is 281 g/mol. The number of nitrogens with zero attached hydrogens (tertiary/aromatic N) is 1. The second kappa shape index (κ2) is 4.89. The van der Waals surface area contributed by atoms with Crippen molar-refractivity contribution in [2.24, 2.45) is 0 Å². The third kappa shape index (κ3) is 2.05. The van der Waals surface area contributed by atoms with E-state index in [0.717, 1.165) is 5.39 Å². The van der Waals surface area contributed by atoms with Gasteiger partial charge in [0.05, 0.1) is 6.10 Å². The Morgan fingerprint density at radius 2 is 2.00 bits per heavy atom. The van der Waals surface area contributed by atoms with E-state index in [9.17, 15) is 14.6 Å². The second-order valence-electron chi connectivity index (χ2n) is 4.97. The van der Waals surface area contributed by atoms with Gasteiger partial charge < -0.3 is 19.5 Å². The lowest BCUT2D eigenvalue weighted by Crippen LogP contribution is -2.30. The molecular formula is C14H14FNO3S. The molecule has 1 saturated heterocycles. The van der Waals surface area contributed by atoms with E-state index in [-0.39, 0.29) is 5.82 Å². The van der Waals surface area contributed by atoms with E-state index in [1.165, 1.54) is 12.1 Å². The molecule has 3 rings (SSSR count). The van der Waals surface area contributed by atoms with Gasteiger partial charge in [0.2, 0.25) is 0 Å². The molecule has 4 nitrogen and oxygen atoms in total. The Hall–Kier alpha value is -1.34. The van der Waals surface area contributed by atoms with Crippen LogP contribution in [0.2, 0.25) is 0 Å². The molecule has 0 radical (unpaired) electrons. The Labute approximate surface area is 120 Å². The molecule has 0 saturated carbocycles. The van der Waals surface area contributed by atoms with Crippen LogP contribution >= 0.6 is 12.2 Å². The summed E-state index contributed by atoms with van der Waals surface area (Å²) in [4.78, 5) is 0. The second-order valence-corrected chi connectivity index (χ2v) is 5.36. The Kier molecular flexibility index (Phi) is 3.33. The number of aliphatic hydroxyl groups is 2. The topological polar surface area (TPSA) is 54.6 Å². The summed E-state index contributed by atoms with van der Waals surface area (Å²) in [6.07, 6.45) is -1.60. The molecule has 4 atom stereocenters. The monoisotopic (exact) mass is 295 g/mol. The molecule has 1 aliphatic heterocycles. The number of benzene rings is 1. The first-order valence-corrected chi connectivity index (χ1v) is 6.72. The summed E-state index contributed by atoms with van der Waals surface area (Å²) in [5, 5.41) is 21.2. The van der Waals surface area contributed by atoms with Crippen LogP contribution in [-0.2, 0) is 4.74 Å². The van der Waals surface area contributed by atoms with Gasteiger partial charge in [-0.1, -0.05) is 18.3 Å². The minimum absolute atomic E-state index is 0.368. The van der Waals surface area contributed by atoms with Crippen molar-refractivity contribution in [3.63, 3.8) is 0 Å². The smallest absolute Gasteiger partial charge is 0.163 e. The van der Waals surface area contributed by atoms with Crippen LogP contribution in [0.4, 0.5) is 4.39 Å². The SMILES string of the molecule is CC1OC(n2ccc3ccc(F)cc3c2=S)C(O)C1O. The molecule has 6 heteroatoms. The van der Waals surface area contributed by atoms with E-state index in [1.54, 1.807) is 29.8 Å². The highest BCUT2D eigenvalue weighted by molar-refractivity contribution is 7.71. The molecule has 1 aromatic heterocycles. The van der Waals surface area contributed by atoms with Crippen LogP contribution in [0.5, 0.6) is 0 Å². The predicted molar refractivity (Wildman–Crippen MR) is 74.3 cm³/mol. The van der Waals surface area contributed by atoms with Crippen LogP contribution in [0, 0.1) is 10.5 Å². The zero-order valence-corrected chi connectivity index (χ0v) is 11.5. The van der Waals surface area contributed by atoms with Gasteiger partial charge in [-0.15, -0.1) is 0 Å². The number of ether oxygens (including phenoxy) is 1. The fraction of sp³-hybridized carbons (Fsp3) is 0.357. The molecule has 1 fully saturated rings. The number of halogens is 1. The quantitative estimate of drug-likeness (QED) is 0.792. The first-order chi connectivity index (χ1) is 9.49. The van der Waals surface area contributed by atoms with Crippen molar-refractivity contribution in [2.45, 2.75) is 31.5 Å². The number of aromatic nitrogens is 1.